The van der Waals surface area contributed by atoms with Gasteiger partial charge in [-0.1, -0.05) is 23.8 Å². The van der Waals surface area contributed by atoms with E-state index in [4.69, 9.17) is 11.6 Å². The summed E-state index contributed by atoms with van der Waals surface area (Å²) in [5.74, 6) is 5.27. The molecule has 2 amide bonds. The fourth-order valence-corrected chi connectivity index (χ4v) is 1.91. The highest BCUT2D eigenvalue weighted by atomic mass is 16.2. The van der Waals surface area contributed by atoms with E-state index in [9.17, 15) is 4.79 Å². The second-order valence-corrected chi connectivity index (χ2v) is 4.66. The van der Waals surface area contributed by atoms with Crippen molar-refractivity contribution in [3.63, 3.8) is 0 Å². The average molecular weight is 270 g/mol. The van der Waals surface area contributed by atoms with Crippen LogP contribution in [-0.4, -0.2) is 6.03 Å². The van der Waals surface area contributed by atoms with E-state index < -0.39 is 6.03 Å². The van der Waals surface area contributed by atoms with Crippen molar-refractivity contribution in [2.45, 2.75) is 13.8 Å². The zero-order chi connectivity index (χ0) is 14.7. The Morgan fingerprint density at radius 3 is 2.20 bits per heavy atom. The van der Waals surface area contributed by atoms with Crippen molar-refractivity contribution in [2.75, 3.05) is 10.6 Å². The van der Waals surface area contributed by atoms with Crippen molar-refractivity contribution >= 4 is 23.1 Å². The molecule has 0 saturated carbocycles. The molecular weight excluding hydrogens is 252 g/mol. The third kappa shape index (κ3) is 2.73. The summed E-state index contributed by atoms with van der Waals surface area (Å²) in [4.78, 5) is 13.5. The fraction of sp³-hybridized carbons (Fsp3) is 0.133. The van der Waals surface area contributed by atoms with Crippen LogP contribution in [-0.2, 0) is 0 Å². The maximum atomic E-state index is 12.0. The van der Waals surface area contributed by atoms with Gasteiger partial charge >= 0.3 is 6.03 Å². The van der Waals surface area contributed by atoms with Crippen molar-refractivity contribution in [3.8, 4) is 0 Å². The zero-order valence-corrected chi connectivity index (χ0v) is 11.6. The second-order valence-electron chi connectivity index (χ2n) is 4.66. The van der Waals surface area contributed by atoms with Crippen LogP contribution in [0.15, 0.2) is 42.5 Å². The molecule has 0 radical (unpaired) electrons. The molecule has 0 aliphatic heterocycles. The topological polar surface area (TPSA) is 84.4 Å². The minimum Gasteiger partial charge on any atom is -0.398 e. The van der Waals surface area contributed by atoms with Gasteiger partial charge in [-0.15, -0.1) is 0 Å². The number of nitrogens with two attached hydrogens (primary N) is 2. The number of benzene rings is 2. The first-order chi connectivity index (χ1) is 9.52. The normalized spacial score (nSPS) is 10.2. The Morgan fingerprint density at radius 1 is 1.05 bits per heavy atom. The summed E-state index contributed by atoms with van der Waals surface area (Å²) < 4.78 is 0. The first-order valence-electron chi connectivity index (χ1n) is 6.26. The van der Waals surface area contributed by atoms with Crippen molar-refractivity contribution in [1.82, 2.24) is 5.43 Å². The number of rotatable bonds is 2. The minimum absolute atomic E-state index is 0.419. The number of amides is 2. The molecule has 104 valence electrons. The highest BCUT2D eigenvalue weighted by molar-refractivity contribution is 5.99. The minimum atomic E-state index is -0.419. The molecule has 5 N–H and O–H groups in total. The lowest BCUT2D eigenvalue weighted by molar-refractivity contribution is 0.249. The van der Waals surface area contributed by atoms with Gasteiger partial charge in [0, 0.05) is 5.69 Å². The predicted molar refractivity (Wildman–Crippen MR) is 81.6 cm³/mol. The molecule has 2 aromatic rings. The van der Waals surface area contributed by atoms with Gasteiger partial charge in [0.2, 0.25) is 0 Å². The number of hydrogen-bond donors (Lipinski definition) is 3. The molecule has 0 aliphatic carbocycles. The molecule has 2 rings (SSSR count). The summed E-state index contributed by atoms with van der Waals surface area (Å²) in [6.45, 7) is 3.90. The molecule has 0 saturated heterocycles. The molecule has 5 nitrogen and oxygen atoms in total. The summed E-state index contributed by atoms with van der Waals surface area (Å²) in [5, 5.41) is 0. The number of nitrogens with zero attached hydrogens (tertiary/aromatic N) is 1. The van der Waals surface area contributed by atoms with Crippen molar-refractivity contribution in [1.29, 1.82) is 0 Å². The van der Waals surface area contributed by atoms with Crippen molar-refractivity contribution < 1.29 is 4.79 Å². The Labute approximate surface area is 118 Å². The van der Waals surface area contributed by atoms with E-state index in [-0.39, 0.29) is 0 Å². The first-order valence-corrected chi connectivity index (χ1v) is 6.26. The van der Waals surface area contributed by atoms with Crippen LogP contribution < -0.4 is 21.9 Å². The summed E-state index contributed by atoms with van der Waals surface area (Å²) in [6.07, 6.45) is 0. The van der Waals surface area contributed by atoms with Gasteiger partial charge in [-0.05, 0) is 43.7 Å². The smallest absolute Gasteiger partial charge is 0.340 e. The number of aryl methyl sites for hydroxylation is 2. The molecule has 2 aromatic carbocycles. The van der Waals surface area contributed by atoms with Gasteiger partial charge < -0.3 is 5.73 Å². The van der Waals surface area contributed by atoms with Gasteiger partial charge in [0.15, 0.2) is 0 Å². The molecule has 0 unspecified atom stereocenters. The molecule has 0 aromatic heterocycles. The van der Waals surface area contributed by atoms with Crippen LogP contribution in [0.1, 0.15) is 11.1 Å². The van der Waals surface area contributed by atoms with E-state index in [2.05, 4.69) is 5.43 Å². The Morgan fingerprint density at radius 2 is 1.65 bits per heavy atom. The molecule has 0 heterocycles. The van der Waals surface area contributed by atoms with Gasteiger partial charge in [-0.25, -0.2) is 10.6 Å². The summed E-state index contributed by atoms with van der Waals surface area (Å²) in [6, 6.07) is 12.6. The summed E-state index contributed by atoms with van der Waals surface area (Å²) in [5.41, 5.74) is 12.2. The number of nitrogens with one attached hydrogen (secondary N) is 1. The Bertz CT molecular complexity index is 622. The van der Waals surface area contributed by atoms with Crippen LogP contribution in [0.5, 0.6) is 0 Å². The number of carbonyl (C=O) groups is 1. The van der Waals surface area contributed by atoms with Crippen LogP contribution in [0.2, 0.25) is 0 Å². The van der Waals surface area contributed by atoms with Crippen molar-refractivity contribution in [2.24, 2.45) is 5.84 Å². The molecular formula is C15H18N4O. The van der Waals surface area contributed by atoms with Crippen LogP contribution in [0, 0.1) is 13.8 Å². The van der Waals surface area contributed by atoms with E-state index >= 15 is 0 Å². The number of hydrazine groups is 1. The number of carbonyl (C=O) groups excluding carboxylic acids is 1. The highest BCUT2D eigenvalue weighted by Gasteiger charge is 2.17. The average Bonchev–Trinajstić information content (AvgIpc) is 2.45. The predicted octanol–water partition coefficient (Wildman–Crippen LogP) is 2.61. The summed E-state index contributed by atoms with van der Waals surface area (Å²) >= 11 is 0. The maximum Gasteiger partial charge on any atom is 0.340 e. The third-order valence-corrected chi connectivity index (χ3v) is 3.14. The lowest BCUT2D eigenvalue weighted by Gasteiger charge is -2.23. The number of hydrogen-bond acceptors (Lipinski definition) is 3. The molecule has 0 aliphatic rings. The SMILES string of the molecule is Cc1ccc(N(C(=O)NN)c2ccc(C)c(N)c2)cc1. The zero-order valence-electron chi connectivity index (χ0n) is 11.6. The first kappa shape index (κ1) is 13.9. The van der Waals surface area contributed by atoms with Gasteiger partial charge in [-0.3, -0.25) is 10.3 Å². The monoisotopic (exact) mass is 270 g/mol. The quantitative estimate of drug-likeness (QED) is 0.339. The lowest BCUT2D eigenvalue weighted by atomic mass is 10.1. The molecule has 20 heavy (non-hydrogen) atoms. The van der Waals surface area contributed by atoms with Crippen molar-refractivity contribution in [3.05, 3.63) is 53.6 Å². The number of nitrogen functional groups attached to an aromatic ring is 1. The van der Waals surface area contributed by atoms with Crippen LogP contribution in [0.4, 0.5) is 21.9 Å². The molecule has 5 heteroatoms. The highest BCUT2D eigenvalue weighted by Crippen LogP contribution is 2.28. The third-order valence-electron chi connectivity index (χ3n) is 3.14. The summed E-state index contributed by atoms with van der Waals surface area (Å²) in [7, 11) is 0. The fourth-order valence-electron chi connectivity index (χ4n) is 1.91. The van der Waals surface area contributed by atoms with Crippen LogP contribution in [0.3, 0.4) is 0 Å². The largest absolute Gasteiger partial charge is 0.398 e. The Balaban J connectivity index is 2.49. The van der Waals surface area contributed by atoms with E-state index in [0.717, 1.165) is 16.8 Å². The molecule has 0 fully saturated rings. The lowest BCUT2D eigenvalue weighted by Crippen LogP contribution is -2.41. The van der Waals surface area contributed by atoms with E-state index in [1.54, 1.807) is 6.07 Å². The van der Waals surface area contributed by atoms with E-state index in [1.165, 1.54) is 4.90 Å². The number of anilines is 3. The molecule has 0 spiro atoms. The number of urea groups is 1. The second kappa shape index (κ2) is 5.63. The molecule has 0 bridgehead atoms. The van der Waals surface area contributed by atoms with Gasteiger partial charge in [0.05, 0.1) is 11.4 Å². The molecule has 0 atom stereocenters. The Kier molecular flexibility index (Phi) is 3.91. The Hall–Kier alpha value is -2.53. The maximum absolute atomic E-state index is 12.0. The standard InChI is InChI=1S/C15H18N4O/c1-10-3-6-12(7-4-10)19(15(20)18-17)13-8-5-11(2)14(16)9-13/h3-9H,16-17H2,1-2H3,(H,18,20). The van der Waals surface area contributed by atoms with Gasteiger partial charge in [0.1, 0.15) is 0 Å². The van der Waals surface area contributed by atoms with Crippen LogP contribution in [0.25, 0.3) is 0 Å². The van der Waals surface area contributed by atoms with Gasteiger partial charge in [-0.2, -0.15) is 0 Å². The van der Waals surface area contributed by atoms with E-state index in [0.29, 0.717) is 11.4 Å². The van der Waals surface area contributed by atoms with Crippen LogP contribution >= 0.6 is 0 Å². The van der Waals surface area contributed by atoms with E-state index in [1.807, 2.05) is 50.2 Å². The van der Waals surface area contributed by atoms with Gasteiger partial charge in [0.25, 0.3) is 0 Å².